The Morgan fingerprint density at radius 1 is 1.16 bits per heavy atom. The van der Waals surface area contributed by atoms with E-state index < -0.39 is 20.0 Å². The van der Waals surface area contributed by atoms with Gasteiger partial charge in [0, 0.05) is 19.6 Å². The lowest BCUT2D eigenvalue weighted by atomic mass is 10.1. The standard InChI is InChI=1S/C16H27N3O4S2/c1-13-12-16(25(22,23)17-7-9-18(3)4)14(2)11-15(13)19-8-5-6-10-24(19,20)21/h11-12,17H,5-10H2,1-4H3. The van der Waals surface area contributed by atoms with Crippen LogP contribution in [0.2, 0.25) is 0 Å². The largest absolute Gasteiger partial charge is 0.308 e. The Morgan fingerprint density at radius 2 is 1.84 bits per heavy atom. The fourth-order valence-electron chi connectivity index (χ4n) is 2.87. The molecule has 1 saturated heterocycles. The van der Waals surface area contributed by atoms with Gasteiger partial charge < -0.3 is 4.90 Å². The summed E-state index contributed by atoms with van der Waals surface area (Å²) in [7, 11) is -3.21. The maximum absolute atomic E-state index is 12.5. The van der Waals surface area contributed by atoms with Crippen LogP contribution in [0.5, 0.6) is 0 Å². The molecule has 2 rings (SSSR count). The summed E-state index contributed by atoms with van der Waals surface area (Å²) in [6.07, 6.45) is 1.48. The number of benzene rings is 1. The topological polar surface area (TPSA) is 86.8 Å². The van der Waals surface area contributed by atoms with Gasteiger partial charge in [-0.05, 0) is 64.0 Å². The van der Waals surface area contributed by atoms with E-state index in [9.17, 15) is 16.8 Å². The van der Waals surface area contributed by atoms with Crippen LogP contribution in [0.3, 0.4) is 0 Å². The van der Waals surface area contributed by atoms with E-state index in [1.54, 1.807) is 26.0 Å². The molecule has 1 heterocycles. The molecule has 0 spiro atoms. The van der Waals surface area contributed by atoms with Crippen molar-refractivity contribution in [1.29, 1.82) is 0 Å². The lowest BCUT2D eigenvalue weighted by molar-refractivity contribution is 0.412. The van der Waals surface area contributed by atoms with Crippen molar-refractivity contribution in [2.45, 2.75) is 31.6 Å². The Bertz CT molecular complexity index is 833. The quantitative estimate of drug-likeness (QED) is 0.787. The normalized spacial score (nSPS) is 17.9. The van der Waals surface area contributed by atoms with Crippen LogP contribution in [0.4, 0.5) is 5.69 Å². The Balaban J connectivity index is 2.34. The van der Waals surface area contributed by atoms with E-state index >= 15 is 0 Å². The molecular weight excluding hydrogens is 362 g/mol. The lowest BCUT2D eigenvalue weighted by Crippen LogP contribution is -2.38. The number of nitrogens with one attached hydrogen (secondary N) is 1. The van der Waals surface area contributed by atoms with Gasteiger partial charge in [-0.25, -0.2) is 21.6 Å². The highest BCUT2D eigenvalue weighted by Crippen LogP contribution is 2.31. The molecule has 1 aromatic carbocycles. The zero-order chi connectivity index (χ0) is 18.8. The van der Waals surface area contributed by atoms with Crippen LogP contribution in [-0.2, 0) is 20.0 Å². The van der Waals surface area contributed by atoms with Crippen molar-refractivity contribution in [3.63, 3.8) is 0 Å². The summed E-state index contributed by atoms with van der Waals surface area (Å²) in [5.74, 6) is 0.137. The van der Waals surface area contributed by atoms with Crippen molar-refractivity contribution in [2.24, 2.45) is 0 Å². The molecule has 25 heavy (non-hydrogen) atoms. The number of aryl methyl sites for hydroxylation is 2. The average molecular weight is 390 g/mol. The Kier molecular flexibility index (Phi) is 6.13. The van der Waals surface area contributed by atoms with Gasteiger partial charge >= 0.3 is 0 Å². The second-order valence-electron chi connectivity index (χ2n) is 6.70. The van der Waals surface area contributed by atoms with Gasteiger partial charge in [-0.15, -0.1) is 0 Å². The Morgan fingerprint density at radius 3 is 2.44 bits per heavy atom. The highest BCUT2D eigenvalue weighted by atomic mass is 32.2. The summed E-state index contributed by atoms with van der Waals surface area (Å²) in [6.45, 7) is 4.80. The van der Waals surface area contributed by atoms with E-state index in [0.717, 1.165) is 6.42 Å². The maximum atomic E-state index is 12.5. The Labute approximate surface area is 151 Å². The molecule has 142 valence electrons. The predicted octanol–water partition coefficient (Wildman–Crippen LogP) is 1.07. The zero-order valence-corrected chi connectivity index (χ0v) is 16.9. The van der Waals surface area contributed by atoms with Crippen LogP contribution in [-0.4, -0.2) is 61.2 Å². The third kappa shape index (κ3) is 4.72. The summed E-state index contributed by atoms with van der Waals surface area (Å²) < 4.78 is 53.7. The highest BCUT2D eigenvalue weighted by molar-refractivity contribution is 7.92. The van der Waals surface area contributed by atoms with Crippen molar-refractivity contribution in [2.75, 3.05) is 43.8 Å². The summed E-state index contributed by atoms with van der Waals surface area (Å²) in [5.41, 5.74) is 1.76. The Hall–Kier alpha value is -1.16. The molecule has 7 nitrogen and oxygen atoms in total. The smallest absolute Gasteiger partial charge is 0.240 e. The van der Waals surface area contributed by atoms with E-state index in [0.29, 0.717) is 42.9 Å². The molecule has 1 aliphatic rings. The molecule has 0 aromatic heterocycles. The summed E-state index contributed by atoms with van der Waals surface area (Å²) >= 11 is 0. The van der Waals surface area contributed by atoms with Gasteiger partial charge in [-0.3, -0.25) is 4.31 Å². The molecule has 0 unspecified atom stereocenters. The zero-order valence-electron chi connectivity index (χ0n) is 15.2. The highest BCUT2D eigenvalue weighted by Gasteiger charge is 2.28. The van der Waals surface area contributed by atoms with Gasteiger partial charge in [0.1, 0.15) is 0 Å². The van der Waals surface area contributed by atoms with Gasteiger partial charge in [0.15, 0.2) is 0 Å². The molecule has 1 aromatic rings. The minimum absolute atomic E-state index is 0.137. The van der Waals surface area contributed by atoms with Crippen molar-refractivity contribution in [1.82, 2.24) is 9.62 Å². The minimum Gasteiger partial charge on any atom is -0.308 e. The fraction of sp³-hybridized carbons (Fsp3) is 0.625. The molecule has 0 radical (unpaired) electrons. The lowest BCUT2D eigenvalue weighted by Gasteiger charge is -2.30. The third-order valence-electron chi connectivity index (χ3n) is 4.25. The van der Waals surface area contributed by atoms with Gasteiger partial charge in [-0.2, -0.15) is 0 Å². The summed E-state index contributed by atoms with van der Waals surface area (Å²) in [5, 5.41) is 0. The first-order valence-corrected chi connectivity index (χ1v) is 11.4. The van der Waals surface area contributed by atoms with Gasteiger partial charge in [0.25, 0.3) is 0 Å². The van der Waals surface area contributed by atoms with E-state index in [1.165, 1.54) is 4.31 Å². The number of rotatable bonds is 6. The van der Waals surface area contributed by atoms with E-state index in [4.69, 9.17) is 0 Å². The minimum atomic E-state index is -3.63. The number of hydrogen-bond donors (Lipinski definition) is 1. The molecule has 0 atom stereocenters. The first-order chi connectivity index (χ1) is 11.5. The number of nitrogens with zero attached hydrogens (tertiary/aromatic N) is 2. The summed E-state index contributed by atoms with van der Waals surface area (Å²) in [6, 6.07) is 3.23. The molecule has 0 amide bonds. The second-order valence-corrected chi connectivity index (χ2v) is 10.4. The third-order valence-corrected chi connectivity index (χ3v) is 7.71. The molecule has 0 saturated carbocycles. The fourth-order valence-corrected chi connectivity index (χ4v) is 5.90. The van der Waals surface area contributed by atoms with Crippen molar-refractivity contribution < 1.29 is 16.8 Å². The molecule has 9 heteroatoms. The first-order valence-electron chi connectivity index (χ1n) is 8.30. The SMILES string of the molecule is Cc1cc(S(=O)(=O)NCCN(C)C)c(C)cc1N1CCCCS1(=O)=O. The molecule has 0 bridgehead atoms. The number of anilines is 1. The number of hydrogen-bond acceptors (Lipinski definition) is 5. The molecule has 1 fully saturated rings. The van der Waals surface area contributed by atoms with E-state index in [2.05, 4.69) is 4.72 Å². The maximum Gasteiger partial charge on any atom is 0.240 e. The van der Waals surface area contributed by atoms with Crippen molar-refractivity contribution >= 4 is 25.7 Å². The van der Waals surface area contributed by atoms with Crippen LogP contribution in [0.15, 0.2) is 17.0 Å². The van der Waals surface area contributed by atoms with Crippen LogP contribution in [0, 0.1) is 13.8 Å². The monoisotopic (exact) mass is 389 g/mol. The van der Waals surface area contributed by atoms with Crippen LogP contribution in [0.25, 0.3) is 0 Å². The predicted molar refractivity (Wildman–Crippen MR) is 100 cm³/mol. The van der Waals surface area contributed by atoms with Crippen LogP contribution < -0.4 is 9.03 Å². The van der Waals surface area contributed by atoms with E-state index in [-0.39, 0.29) is 10.6 Å². The van der Waals surface area contributed by atoms with Gasteiger partial charge in [0.05, 0.1) is 16.3 Å². The van der Waals surface area contributed by atoms with Crippen molar-refractivity contribution in [3.8, 4) is 0 Å². The van der Waals surface area contributed by atoms with E-state index in [1.807, 2.05) is 19.0 Å². The molecule has 1 aliphatic heterocycles. The van der Waals surface area contributed by atoms with Gasteiger partial charge in [0.2, 0.25) is 20.0 Å². The molecular formula is C16H27N3O4S2. The molecule has 1 N–H and O–H groups in total. The summed E-state index contributed by atoms with van der Waals surface area (Å²) in [4.78, 5) is 2.09. The van der Waals surface area contributed by atoms with Crippen LogP contribution >= 0.6 is 0 Å². The van der Waals surface area contributed by atoms with Crippen molar-refractivity contribution in [3.05, 3.63) is 23.3 Å². The average Bonchev–Trinajstić information content (AvgIpc) is 2.48. The number of sulfonamides is 2. The number of likely N-dealkylation sites (N-methyl/N-ethyl adjacent to an activating group) is 1. The van der Waals surface area contributed by atoms with Gasteiger partial charge in [-0.1, -0.05) is 0 Å². The molecule has 0 aliphatic carbocycles. The second kappa shape index (κ2) is 7.61. The first kappa shape index (κ1) is 20.2. The van der Waals surface area contributed by atoms with Crippen LogP contribution in [0.1, 0.15) is 24.0 Å².